The van der Waals surface area contributed by atoms with E-state index in [1.165, 1.54) is 0 Å². The van der Waals surface area contributed by atoms with Gasteiger partial charge in [-0.15, -0.1) is 0 Å². The van der Waals surface area contributed by atoms with Crippen LogP contribution in [0.5, 0.6) is 11.5 Å². The second-order valence-electron chi connectivity index (χ2n) is 8.21. The summed E-state index contributed by atoms with van der Waals surface area (Å²) in [7, 11) is -3.68. The fraction of sp³-hybridized carbons (Fsp3) is 0.179. The standard InChI is InChI=1S/C28H28N2O5S/c1-36(32,33)30(24-14-16-25(17-15-24)35-21-22-8-3-2-4-9-22)20-28(31)29-18-19-34-27-13-7-11-23-10-5-6-12-26(23)27/h2-17H,18-21H2,1H3,(H,29,31). The van der Waals surface area contributed by atoms with Gasteiger partial charge in [0, 0.05) is 5.39 Å². The number of hydrogen-bond donors (Lipinski definition) is 1. The first-order chi connectivity index (χ1) is 17.4. The van der Waals surface area contributed by atoms with Gasteiger partial charge in [0.25, 0.3) is 0 Å². The molecule has 0 saturated heterocycles. The van der Waals surface area contributed by atoms with Gasteiger partial charge in [0.05, 0.1) is 18.5 Å². The Hall–Kier alpha value is -4.04. The maximum absolute atomic E-state index is 12.5. The van der Waals surface area contributed by atoms with Crippen LogP contribution in [0.25, 0.3) is 10.8 Å². The van der Waals surface area contributed by atoms with Gasteiger partial charge in [-0.05, 0) is 41.3 Å². The van der Waals surface area contributed by atoms with Gasteiger partial charge in [-0.2, -0.15) is 0 Å². The number of carbonyl (C=O) groups is 1. The van der Waals surface area contributed by atoms with E-state index in [1.807, 2.05) is 72.8 Å². The molecule has 0 unspecified atom stereocenters. The lowest BCUT2D eigenvalue weighted by Gasteiger charge is -2.22. The van der Waals surface area contributed by atoms with Crippen molar-refractivity contribution < 1.29 is 22.7 Å². The van der Waals surface area contributed by atoms with E-state index >= 15 is 0 Å². The van der Waals surface area contributed by atoms with Gasteiger partial charge in [-0.25, -0.2) is 8.42 Å². The molecule has 0 atom stereocenters. The van der Waals surface area contributed by atoms with Crippen molar-refractivity contribution in [3.63, 3.8) is 0 Å². The topological polar surface area (TPSA) is 84.9 Å². The van der Waals surface area contributed by atoms with Crippen LogP contribution in [0.1, 0.15) is 5.56 Å². The van der Waals surface area contributed by atoms with Gasteiger partial charge in [0.15, 0.2) is 0 Å². The molecule has 186 valence electrons. The summed E-state index contributed by atoms with van der Waals surface area (Å²) in [6.45, 7) is 0.564. The normalized spacial score (nSPS) is 11.1. The summed E-state index contributed by atoms with van der Waals surface area (Å²) in [6.07, 6.45) is 1.07. The van der Waals surface area contributed by atoms with E-state index in [9.17, 15) is 13.2 Å². The largest absolute Gasteiger partial charge is 0.491 e. The van der Waals surface area contributed by atoms with E-state index in [4.69, 9.17) is 9.47 Å². The number of fused-ring (bicyclic) bond motifs is 1. The molecule has 7 nitrogen and oxygen atoms in total. The molecule has 0 spiro atoms. The molecular weight excluding hydrogens is 476 g/mol. The maximum atomic E-state index is 12.5. The zero-order valence-corrected chi connectivity index (χ0v) is 20.8. The molecule has 0 heterocycles. The van der Waals surface area contributed by atoms with Crippen molar-refractivity contribution in [1.29, 1.82) is 0 Å². The number of sulfonamides is 1. The van der Waals surface area contributed by atoms with Crippen LogP contribution in [0.2, 0.25) is 0 Å². The summed E-state index contributed by atoms with van der Waals surface area (Å²) in [5, 5.41) is 4.79. The number of benzene rings is 4. The Kier molecular flexibility index (Phi) is 8.07. The second-order valence-corrected chi connectivity index (χ2v) is 10.1. The molecule has 4 rings (SSSR count). The van der Waals surface area contributed by atoms with E-state index in [1.54, 1.807) is 24.3 Å². The summed E-state index contributed by atoms with van der Waals surface area (Å²) < 4.78 is 37.4. The quantitative estimate of drug-likeness (QED) is 0.307. The number of anilines is 1. The van der Waals surface area contributed by atoms with Crippen molar-refractivity contribution in [2.75, 3.05) is 30.3 Å². The molecule has 4 aromatic carbocycles. The van der Waals surface area contributed by atoms with Gasteiger partial charge < -0.3 is 14.8 Å². The lowest BCUT2D eigenvalue weighted by Crippen LogP contribution is -2.41. The molecule has 0 bridgehead atoms. The number of hydrogen-bond acceptors (Lipinski definition) is 5. The third kappa shape index (κ3) is 6.76. The highest BCUT2D eigenvalue weighted by Gasteiger charge is 2.20. The monoisotopic (exact) mass is 504 g/mol. The predicted molar refractivity (Wildman–Crippen MR) is 142 cm³/mol. The third-order valence-electron chi connectivity index (χ3n) is 5.49. The van der Waals surface area contributed by atoms with Crippen molar-refractivity contribution in [3.8, 4) is 11.5 Å². The van der Waals surface area contributed by atoms with Crippen molar-refractivity contribution >= 4 is 32.4 Å². The Labute approximate surface area is 211 Å². The molecular formula is C28H28N2O5S. The highest BCUT2D eigenvalue weighted by Crippen LogP contribution is 2.25. The van der Waals surface area contributed by atoms with Crippen LogP contribution in [-0.2, 0) is 21.4 Å². The fourth-order valence-electron chi connectivity index (χ4n) is 3.71. The highest BCUT2D eigenvalue weighted by molar-refractivity contribution is 7.92. The summed E-state index contributed by atoms with van der Waals surface area (Å²) in [5.74, 6) is 0.909. The first-order valence-corrected chi connectivity index (χ1v) is 13.4. The SMILES string of the molecule is CS(=O)(=O)N(CC(=O)NCCOc1cccc2ccccc12)c1ccc(OCc2ccccc2)cc1. The van der Waals surface area contributed by atoms with Crippen molar-refractivity contribution in [2.24, 2.45) is 0 Å². The van der Waals surface area contributed by atoms with Crippen LogP contribution in [0, 0.1) is 0 Å². The first kappa shape index (κ1) is 25.1. The van der Waals surface area contributed by atoms with E-state index in [-0.39, 0.29) is 19.7 Å². The Morgan fingerprint density at radius 2 is 1.53 bits per heavy atom. The Balaban J connectivity index is 1.30. The fourth-order valence-corrected chi connectivity index (χ4v) is 4.57. The molecule has 0 aliphatic rings. The van der Waals surface area contributed by atoms with Crippen LogP contribution < -0.4 is 19.1 Å². The molecule has 0 aliphatic heterocycles. The average Bonchev–Trinajstić information content (AvgIpc) is 2.89. The number of carbonyl (C=O) groups excluding carboxylic acids is 1. The van der Waals surface area contributed by atoms with Crippen molar-refractivity contribution in [1.82, 2.24) is 5.32 Å². The van der Waals surface area contributed by atoms with Crippen LogP contribution in [0.15, 0.2) is 97.1 Å². The van der Waals surface area contributed by atoms with Crippen LogP contribution >= 0.6 is 0 Å². The molecule has 1 amide bonds. The van der Waals surface area contributed by atoms with Crippen LogP contribution in [-0.4, -0.2) is 40.3 Å². The van der Waals surface area contributed by atoms with E-state index < -0.39 is 15.9 Å². The minimum absolute atomic E-state index is 0.242. The van der Waals surface area contributed by atoms with E-state index in [0.29, 0.717) is 18.0 Å². The minimum atomic E-state index is -3.68. The van der Waals surface area contributed by atoms with Gasteiger partial charge >= 0.3 is 0 Å². The average molecular weight is 505 g/mol. The molecule has 0 fully saturated rings. The molecule has 0 aromatic heterocycles. The van der Waals surface area contributed by atoms with E-state index in [2.05, 4.69) is 5.32 Å². The van der Waals surface area contributed by atoms with Crippen LogP contribution in [0.3, 0.4) is 0 Å². The van der Waals surface area contributed by atoms with Gasteiger partial charge in [-0.1, -0.05) is 66.7 Å². The smallest absolute Gasteiger partial charge is 0.240 e. The van der Waals surface area contributed by atoms with Crippen molar-refractivity contribution in [3.05, 3.63) is 103 Å². The molecule has 8 heteroatoms. The van der Waals surface area contributed by atoms with Crippen molar-refractivity contribution in [2.45, 2.75) is 6.61 Å². The molecule has 36 heavy (non-hydrogen) atoms. The number of amides is 1. The number of rotatable bonds is 11. The minimum Gasteiger partial charge on any atom is -0.491 e. The predicted octanol–water partition coefficient (Wildman–Crippen LogP) is 4.38. The molecule has 4 aromatic rings. The zero-order chi connectivity index (χ0) is 25.4. The number of ether oxygens (including phenoxy) is 2. The van der Waals surface area contributed by atoms with Gasteiger partial charge in [0.1, 0.15) is 31.3 Å². The van der Waals surface area contributed by atoms with Crippen LogP contribution in [0.4, 0.5) is 5.69 Å². The summed E-state index contributed by atoms with van der Waals surface area (Å²) in [5.41, 5.74) is 1.41. The summed E-state index contributed by atoms with van der Waals surface area (Å²) in [6, 6.07) is 30.0. The molecule has 0 radical (unpaired) electrons. The second kappa shape index (κ2) is 11.6. The molecule has 0 saturated carbocycles. The molecule has 0 aliphatic carbocycles. The Morgan fingerprint density at radius 1 is 0.833 bits per heavy atom. The summed E-state index contributed by atoms with van der Waals surface area (Å²) >= 11 is 0. The maximum Gasteiger partial charge on any atom is 0.240 e. The van der Waals surface area contributed by atoms with Gasteiger partial charge in [0.2, 0.25) is 15.9 Å². The lowest BCUT2D eigenvalue weighted by atomic mass is 10.1. The molecule has 1 N–H and O–H groups in total. The van der Waals surface area contributed by atoms with Gasteiger partial charge in [-0.3, -0.25) is 9.10 Å². The summed E-state index contributed by atoms with van der Waals surface area (Å²) in [4.78, 5) is 12.5. The lowest BCUT2D eigenvalue weighted by molar-refractivity contribution is -0.119. The van der Waals surface area contributed by atoms with E-state index in [0.717, 1.165) is 32.6 Å². The third-order valence-corrected chi connectivity index (χ3v) is 6.63. The number of nitrogens with one attached hydrogen (secondary N) is 1. The number of nitrogens with zero attached hydrogens (tertiary/aromatic N) is 1. The Morgan fingerprint density at radius 3 is 2.28 bits per heavy atom. The first-order valence-electron chi connectivity index (χ1n) is 11.5. The Bertz CT molecular complexity index is 1400. The zero-order valence-electron chi connectivity index (χ0n) is 20.0. The highest BCUT2D eigenvalue weighted by atomic mass is 32.2.